The van der Waals surface area contributed by atoms with E-state index in [4.69, 9.17) is 0 Å². The third-order valence-electron chi connectivity index (χ3n) is 3.18. The molecule has 2 heteroatoms. The lowest BCUT2D eigenvalue weighted by Gasteiger charge is -2.26. The van der Waals surface area contributed by atoms with Crippen LogP contribution < -0.4 is 5.32 Å². The van der Waals surface area contributed by atoms with Crippen molar-refractivity contribution in [3.8, 4) is 5.75 Å². The third-order valence-corrected chi connectivity index (χ3v) is 3.18. The zero-order chi connectivity index (χ0) is 10.2. The number of para-hydroxylation sites is 1. The van der Waals surface area contributed by atoms with Gasteiger partial charge >= 0.3 is 0 Å². The molecule has 2 rings (SSSR count). The Labute approximate surface area is 85.0 Å². The fourth-order valence-electron chi connectivity index (χ4n) is 2.25. The number of nitrogens with one attached hydrogen (secondary N) is 1. The molecular weight excluding hydrogens is 174 g/mol. The van der Waals surface area contributed by atoms with Gasteiger partial charge < -0.3 is 10.4 Å². The summed E-state index contributed by atoms with van der Waals surface area (Å²) >= 11 is 0. The average Bonchev–Trinajstić information content (AvgIpc) is 2.46. The molecule has 0 bridgehead atoms. The Balaban J connectivity index is 2.36. The molecule has 2 nitrogen and oxygen atoms in total. The second-order valence-electron chi connectivity index (χ2n) is 4.73. The standard InChI is InChI=1S/C12H17NO/c1-12(2)8-13-7-10(12)9-5-3-4-6-11(9)14/h3-6,10,13-14H,7-8H2,1-2H3. The molecule has 2 N–H and O–H groups in total. The Morgan fingerprint density at radius 2 is 2.07 bits per heavy atom. The average molecular weight is 191 g/mol. The van der Waals surface area contributed by atoms with Crippen LogP contribution in [0, 0.1) is 5.41 Å². The lowest BCUT2D eigenvalue weighted by atomic mass is 9.77. The Bertz CT molecular complexity index is 333. The van der Waals surface area contributed by atoms with Crippen molar-refractivity contribution >= 4 is 0 Å². The summed E-state index contributed by atoms with van der Waals surface area (Å²) in [4.78, 5) is 0. The summed E-state index contributed by atoms with van der Waals surface area (Å²) in [5, 5.41) is 13.2. The van der Waals surface area contributed by atoms with Crippen LogP contribution in [0.15, 0.2) is 24.3 Å². The van der Waals surface area contributed by atoms with Gasteiger partial charge in [0, 0.05) is 19.0 Å². The first kappa shape index (κ1) is 9.53. The van der Waals surface area contributed by atoms with Gasteiger partial charge in [-0.15, -0.1) is 0 Å². The zero-order valence-electron chi connectivity index (χ0n) is 8.75. The molecule has 1 saturated heterocycles. The van der Waals surface area contributed by atoms with Gasteiger partial charge in [-0.1, -0.05) is 32.0 Å². The molecule has 0 amide bonds. The van der Waals surface area contributed by atoms with Crippen LogP contribution in [0.3, 0.4) is 0 Å². The van der Waals surface area contributed by atoms with E-state index in [-0.39, 0.29) is 5.41 Å². The van der Waals surface area contributed by atoms with Crippen LogP contribution in [0.25, 0.3) is 0 Å². The fraction of sp³-hybridized carbons (Fsp3) is 0.500. The van der Waals surface area contributed by atoms with Crippen LogP contribution in [0.5, 0.6) is 5.75 Å². The molecule has 1 fully saturated rings. The van der Waals surface area contributed by atoms with Gasteiger partial charge in [-0.3, -0.25) is 0 Å². The number of hydrogen-bond donors (Lipinski definition) is 2. The van der Waals surface area contributed by atoms with E-state index in [1.54, 1.807) is 6.07 Å². The van der Waals surface area contributed by atoms with E-state index >= 15 is 0 Å². The number of rotatable bonds is 1. The highest BCUT2D eigenvalue weighted by Crippen LogP contribution is 2.41. The molecule has 0 saturated carbocycles. The van der Waals surface area contributed by atoms with Gasteiger partial charge in [0.05, 0.1) is 0 Å². The van der Waals surface area contributed by atoms with Crippen molar-refractivity contribution in [2.75, 3.05) is 13.1 Å². The van der Waals surface area contributed by atoms with Gasteiger partial charge in [-0.25, -0.2) is 0 Å². The van der Waals surface area contributed by atoms with E-state index in [9.17, 15) is 5.11 Å². The van der Waals surface area contributed by atoms with Crippen molar-refractivity contribution < 1.29 is 5.11 Å². The van der Waals surface area contributed by atoms with Crippen molar-refractivity contribution in [1.82, 2.24) is 5.32 Å². The quantitative estimate of drug-likeness (QED) is 0.712. The van der Waals surface area contributed by atoms with Gasteiger partial charge in [0.15, 0.2) is 0 Å². The predicted molar refractivity (Wildman–Crippen MR) is 57.5 cm³/mol. The molecule has 0 radical (unpaired) electrons. The van der Waals surface area contributed by atoms with Gasteiger partial charge in [0.2, 0.25) is 0 Å². The number of benzene rings is 1. The highest BCUT2D eigenvalue weighted by atomic mass is 16.3. The van der Waals surface area contributed by atoms with E-state index in [0.29, 0.717) is 11.7 Å². The van der Waals surface area contributed by atoms with Gasteiger partial charge in [0.1, 0.15) is 5.75 Å². The van der Waals surface area contributed by atoms with Gasteiger partial charge in [-0.2, -0.15) is 0 Å². The molecule has 1 aliphatic rings. The maximum absolute atomic E-state index is 9.78. The van der Waals surface area contributed by atoms with Crippen LogP contribution >= 0.6 is 0 Å². The van der Waals surface area contributed by atoms with E-state index < -0.39 is 0 Å². The summed E-state index contributed by atoms with van der Waals surface area (Å²) in [6.45, 7) is 6.46. The normalized spacial score (nSPS) is 25.1. The minimum absolute atomic E-state index is 0.235. The van der Waals surface area contributed by atoms with Gasteiger partial charge in [-0.05, 0) is 17.0 Å². The van der Waals surface area contributed by atoms with Crippen molar-refractivity contribution in [3.05, 3.63) is 29.8 Å². The van der Waals surface area contributed by atoms with Crippen LogP contribution in [0.4, 0.5) is 0 Å². The lowest BCUT2D eigenvalue weighted by molar-refractivity contribution is 0.352. The lowest BCUT2D eigenvalue weighted by Crippen LogP contribution is -2.20. The Morgan fingerprint density at radius 3 is 2.64 bits per heavy atom. The summed E-state index contributed by atoms with van der Waals surface area (Å²) in [5.41, 5.74) is 1.31. The monoisotopic (exact) mass is 191 g/mol. The summed E-state index contributed by atoms with van der Waals surface area (Å²) < 4.78 is 0. The summed E-state index contributed by atoms with van der Waals surface area (Å²) in [5.74, 6) is 0.845. The molecular formula is C12H17NO. The molecule has 1 aliphatic heterocycles. The zero-order valence-corrected chi connectivity index (χ0v) is 8.75. The summed E-state index contributed by atoms with van der Waals surface area (Å²) in [7, 11) is 0. The topological polar surface area (TPSA) is 32.3 Å². The van der Waals surface area contributed by atoms with Crippen LogP contribution in [-0.2, 0) is 0 Å². The Morgan fingerprint density at radius 1 is 1.36 bits per heavy atom. The van der Waals surface area contributed by atoms with E-state index in [0.717, 1.165) is 18.7 Å². The second-order valence-corrected chi connectivity index (χ2v) is 4.73. The smallest absolute Gasteiger partial charge is 0.119 e. The molecule has 0 aromatic heterocycles. The van der Waals surface area contributed by atoms with E-state index in [1.807, 2.05) is 18.2 Å². The molecule has 0 aliphatic carbocycles. The first-order valence-electron chi connectivity index (χ1n) is 5.10. The molecule has 0 spiro atoms. The molecule has 1 heterocycles. The second kappa shape index (κ2) is 3.28. The highest BCUT2D eigenvalue weighted by molar-refractivity contribution is 5.37. The van der Waals surface area contributed by atoms with E-state index in [1.165, 1.54) is 0 Å². The molecule has 14 heavy (non-hydrogen) atoms. The number of phenolic OH excluding ortho intramolecular Hbond substituents is 1. The minimum atomic E-state index is 0.235. The largest absolute Gasteiger partial charge is 0.508 e. The SMILES string of the molecule is CC1(C)CNCC1c1ccccc1O. The number of hydrogen-bond acceptors (Lipinski definition) is 2. The van der Waals surface area contributed by atoms with Gasteiger partial charge in [0.25, 0.3) is 0 Å². The first-order valence-corrected chi connectivity index (χ1v) is 5.10. The fourth-order valence-corrected chi connectivity index (χ4v) is 2.25. The molecule has 1 aromatic carbocycles. The summed E-state index contributed by atoms with van der Waals surface area (Å²) in [6, 6.07) is 7.65. The number of phenols is 1. The molecule has 1 atom stereocenters. The molecule has 1 aromatic rings. The predicted octanol–water partition coefficient (Wildman–Crippen LogP) is 2.11. The van der Waals surface area contributed by atoms with Crippen LogP contribution in [0.1, 0.15) is 25.3 Å². The Hall–Kier alpha value is -1.02. The molecule has 76 valence electrons. The highest BCUT2D eigenvalue weighted by Gasteiger charge is 2.36. The minimum Gasteiger partial charge on any atom is -0.508 e. The van der Waals surface area contributed by atoms with Crippen molar-refractivity contribution in [2.24, 2.45) is 5.41 Å². The molecule has 1 unspecified atom stereocenters. The third kappa shape index (κ3) is 1.50. The maximum Gasteiger partial charge on any atom is 0.119 e. The van der Waals surface area contributed by atoms with E-state index in [2.05, 4.69) is 19.2 Å². The Kier molecular flexibility index (Phi) is 2.23. The summed E-state index contributed by atoms with van der Waals surface area (Å²) in [6.07, 6.45) is 0. The number of aromatic hydroxyl groups is 1. The maximum atomic E-state index is 9.78. The van der Waals surface area contributed by atoms with Crippen molar-refractivity contribution in [2.45, 2.75) is 19.8 Å². The van der Waals surface area contributed by atoms with Crippen molar-refractivity contribution in [1.29, 1.82) is 0 Å². The van der Waals surface area contributed by atoms with Crippen LogP contribution in [0.2, 0.25) is 0 Å². The first-order chi connectivity index (χ1) is 6.61. The van der Waals surface area contributed by atoms with Crippen LogP contribution in [-0.4, -0.2) is 18.2 Å². The van der Waals surface area contributed by atoms with Crippen molar-refractivity contribution in [3.63, 3.8) is 0 Å².